The lowest BCUT2D eigenvalue weighted by molar-refractivity contribution is -0.140. The highest BCUT2D eigenvalue weighted by Crippen LogP contribution is 2.33. The second kappa shape index (κ2) is 7.16. The molecule has 84 valence electrons. The van der Waals surface area contributed by atoms with Crippen LogP contribution in [0, 0.1) is 0 Å². The SMILES string of the molecule is CCCCCSC(CC)(CC)C(=O)O. The Balaban J connectivity index is 4.02. The molecule has 0 fully saturated rings. The Bertz CT molecular complexity index is 165. The molecule has 3 heteroatoms. The summed E-state index contributed by atoms with van der Waals surface area (Å²) < 4.78 is -0.534. The molecule has 0 amide bonds. The van der Waals surface area contributed by atoms with Crippen LogP contribution < -0.4 is 0 Å². The number of hydrogen-bond donors (Lipinski definition) is 1. The summed E-state index contributed by atoms with van der Waals surface area (Å²) in [6, 6.07) is 0. The molecule has 0 spiro atoms. The fourth-order valence-corrected chi connectivity index (χ4v) is 2.71. The first-order valence-corrected chi connectivity index (χ1v) is 6.48. The van der Waals surface area contributed by atoms with E-state index >= 15 is 0 Å². The number of hydrogen-bond acceptors (Lipinski definition) is 2. The Kier molecular flexibility index (Phi) is 7.06. The van der Waals surface area contributed by atoms with E-state index < -0.39 is 10.7 Å². The van der Waals surface area contributed by atoms with Crippen molar-refractivity contribution in [3.8, 4) is 0 Å². The van der Waals surface area contributed by atoms with Crippen LogP contribution in [0.15, 0.2) is 0 Å². The number of thioether (sulfide) groups is 1. The predicted molar refractivity (Wildman–Crippen MR) is 62.9 cm³/mol. The molecule has 0 heterocycles. The van der Waals surface area contributed by atoms with Crippen molar-refractivity contribution in [2.75, 3.05) is 5.75 Å². The second-order valence-electron chi connectivity index (χ2n) is 3.56. The van der Waals surface area contributed by atoms with Crippen molar-refractivity contribution in [2.24, 2.45) is 0 Å². The van der Waals surface area contributed by atoms with Crippen LogP contribution in [0.25, 0.3) is 0 Å². The molecule has 14 heavy (non-hydrogen) atoms. The molecule has 0 rings (SSSR count). The molecule has 0 aliphatic carbocycles. The first-order chi connectivity index (χ1) is 6.63. The van der Waals surface area contributed by atoms with Gasteiger partial charge in [-0.15, -0.1) is 11.8 Å². The van der Waals surface area contributed by atoms with Crippen molar-refractivity contribution in [1.29, 1.82) is 0 Å². The van der Waals surface area contributed by atoms with Gasteiger partial charge in [0.2, 0.25) is 0 Å². The maximum atomic E-state index is 11.1. The zero-order chi connectivity index (χ0) is 11.0. The summed E-state index contributed by atoms with van der Waals surface area (Å²) in [5.74, 6) is 0.325. The van der Waals surface area contributed by atoms with Crippen molar-refractivity contribution < 1.29 is 9.90 Å². The summed E-state index contributed by atoms with van der Waals surface area (Å²) in [6.07, 6.45) is 4.97. The molecule has 0 bridgehead atoms. The minimum atomic E-state index is -0.649. The first kappa shape index (κ1) is 13.8. The number of aliphatic carboxylic acids is 1. The van der Waals surface area contributed by atoms with Gasteiger partial charge in [0.25, 0.3) is 0 Å². The molecule has 0 saturated heterocycles. The number of carbonyl (C=O) groups is 1. The Morgan fingerprint density at radius 1 is 1.21 bits per heavy atom. The van der Waals surface area contributed by atoms with E-state index in [0.29, 0.717) is 0 Å². The zero-order valence-corrected chi connectivity index (χ0v) is 10.3. The van der Waals surface area contributed by atoms with Crippen LogP contribution in [0.3, 0.4) is 0 Å². The van der Waals surface area contributed by atoms with E-state index in [1.807, 2.05) is 13.8 Å². The quantitative estimate of drug-likeness (QED) is 0.633. The molecular formula is C11H22O2S. The average Bonchev–Trinajstić information content (AvgIpc) is 2.18. The van der Waals surface area contributed by atoms with Gasteiger partial charge in [0, 0.05) is 0 Å². The largest absolute Gasteiger partial charge is 0.480 e. The number of carboxylic acids is 1. The molecule has 0 saturated carbocycles. The molecule has 0 aliphatic rings. The summed E-state index contributed by atoms with van der Waals surface area (Å²) in [5, 5.41) is 9.16. The molecular weight excluding hydrogens is 196 g/mol. The normalized spacial score (nSPS) is 11.6. The number of unbranched alkanes of at least 4 members (excludes halogenated alkanes) is 2. The smallest absolute Gasteiger partial charge is 0.319 e. The molecule has 1 N–H and O–H groups in total. The Morgan fingerprint density at radius 3 is 2.14 bits per heavy atom. The fourth-order valence-electron chi connectivity index (χ4n) is 1.44. The first-order valence-electron chi connectivity index (χ1n) is 5.50. The molecule has 0 aromatic rings. The molecule has 2 nitrogen and oxygen atoms in total. The van der Waals surface area contributed by atoms with Crippen LogP contribution in [0.2, 0.25) is 0 Å². The van der Waals surface area contributed by atoms with Gasteiger partial charge in [-0.05, 0) is 25.0 Å². The summed E-state index contributed by atoms with van der Waals surface area (Å²) >= 11 is 1.62. The van der Waals surface area contributed by atoms with Gasteiger partial charge in [-0.25, -0.2) is 0 Å². The van der Waals surface area contributed by atoms with Gasteiger partial charge in [-0.3, -0.25) is 4.79 Å². The summed E-state index contributed by atoms with van der Waals surface area (Å²) in [6.45, 7) is 6.09. The minimum absolute atomic E-state index is 0.534. The van der Waals surface area contributed by atoms with Crippen molar-refractivity contribution in [2.45, 2.75) is 57.6 Å². The third-order valence-corrected chi connectivity index (χ3v) is 4.46. The average molecular weight is 218 g/mol. The van der Waals surface area contributed by atoms with E-state index in [2.05, 4.69) is 6.92 Å². The van der Waals surface area contributed by atoms with Crippen LogP contribution in [0.1, 0.15) is 52.9 Å². The van der Waals surface area contributed by atoms with Crippen molar-refractivity contribution in [1.82, 2.24) is 0 Å². The van der Waals surface area contributed by atoms with Crippen molar-refractivity contribution in [3.63, 3.8) is 0 Å². The second-order valence-corrected chi connectivity index (χ2v) is 5.04. The van der Waals surface area contributed by atoms with E-state index in [-0.39, 0.29) is 0 Å². The molecule has 0 aromatic carbocycles. The third-order valence-electron chi connectivity index (χ3n) is 2.66. The highest BCUT2D eigenvalue weighted by atomic mass is 32.2. The minimum Gasteiger partial charge on any atom is -0.480 e. The Labute approximate surface area is 91.5 Å². The predicted octanol–water partition coefficient (Wildman–Crippen LogP) is 3.55. The maximum absolute atomic E-state index is 11.1. The van der Waals surface area contributed by atoms with Crippen LogP contribution >= 0.6 is 11.8 Å². The van der Waals surface area contributed by atoms with Crippen LogP contribution in [0.5, 0.6) is 0 Å². The van der Waals surface area contributed by atoms with E-state index in [0.717, 1.165) is 25.0 Å². The van der Waals surface area contributed by atoms with E-state index in [1.54, 1.807) is 11.8 Å². The summed E-state index contributed by atoms with van der Waals surface area (Å²) in [7, 11) is 0. The van der Waals surface area contributed by atoms with E-state index in [9.17, 15) is 4.79 Å². The number of carboxylic acid groups (broad SMARTS) is 1. The van der Waals surface area contributed by atoms with Gasteiger partial charge in [0.15, 0.2) is 0 Å². The monoisotopic (exact) mass is 218 g/mol. The topological polar surface area (TPSA) is 37.3 Å². The van der Waals surface area contributed by atoms with Gasteiger partial charge in [-0.1, -0.05) is 33.6 Å². The van der Waals surface area contributed by atoms with Gasteiger partial charge < -0.3 is 5.11 Å². The summed E-state index contributed by atoms with van der Waals surface area (Å²) in [4.78, 5) is 11.1. The molecule has 0 atom stereocenters. The molecule has 0 aliphatic heterocycles. The third kappa shape index (κ3) is 3.91. The van der Waals surface area contributed by atoms with Gasteiger partial charge in [0.05, 0.1) is 0 Å². The fraction of sp³-hybridized carbons (Fsp3) is 0.909. The van der Waals surface area contributed by atoms with Crippen molar-refractivity contribution >= 4 is 17.7 Å². The standard InChI is InChI=1S/C11H22O2S/c1-4-7-8-9-14-11(5-2,6-3)10(12)13/h4-9H2,1-3H3,(H,12,13). The van der Waals surface area contributed by atoms with Gasteiger partial charge in [0.1, 0.15) is 4.75 Å². The maximum Gasteiger partial charge on any atom is 0.319 e. The van der Waals surface area contributed by atoms with Crippen LogP contribution in [-0.4, -0.2) is 21.6 Å². The van der Waals surface area contributed by atoms with Crippen LogP contribution in [0.4, 0.5) is 0 Å². The highest BCUT2D eigenvalue weighted by Gasteiger charge is 2.34. The lowest BCUT2D eigenvalue weighted by Crippen LogP contribution is -2.33. The van der Waals surface area contributed by atoms with Crippen molar-refractivity contribution in [3.05, 3.63) is 0 Å². The molecule has 0 aromatic heterocycles. The lowest BCUT2D eigenvalue weighted by Gasteiger charge is -2.25. The van der Waals surface area contributed by atoms with Gasteiger partial charge in [-0.2, -0.15) is 0 Å². The molecule has 0 unspecified atom stereocenters. The lowest BCUT2D eigenvalue weighted by atomic mass is 10.0. The van der Waals surface area contributed by atoms with Crippen LogP contribution in [-0.2, 0) is 4.79 Å². The molecule has 0 radical (unpaired) electrons. The highest BCUT2D eigenvalue weighted by molar-refractivity contribution is 8.01. The Morgan fingerprint density at radius 2 is 1.79 bits per heavy atom. The van der Waals surface area contributed by atoms with E-state index in [4.69, 9.17) is 5.11 Å². The zero-order valence-electron chi connectivity index (χ0n) is 9.51. The number of rotatable bonds is 8. The van der Waals surface area contributed by atoms with Gasteiger partial charge >= 0.3 is 5.97 Å². The van der Waals surface area contributed by atoms with E-state index in [1.165, 1.54) is 12.8 Å². The summed E-state index contributed by atoms with van der Waals surface area (Å²) in [5.41, 5.74) is 0. The Hall–Kier alpha value is -0.180.